The number of carbonyl (C=O) groups is 1. The second kappa shape index (κ2) is 7.46. The minimum atomic E-state index is -3.10. The lowest BCUT2D eigenvalue weighted by Gasteiger charge is -2.23. The lowest BCUT2D eigenvalue weighted by Crippen LogP contribution is -2.34. The maximum atomic E-state index is 12.9. The Morgan fingerprint density at radius 1 is 1.16 bits per heavy atom. The zero-order valence-corrected chi connectivity index (χ0v) is 12.7. The normalized spacial score (nSPS) is 13.8. The third-order valence-electron chi connectivity index (χ3n) is 2.95. The van der Waals surface area contributed by atoms with E-state index in [2.05, 4.69) is 0 Å². The summed E-state index contributed by atoms with van der Waals surface area (Å²) in [5.41, 5.74) is 0. The molecule has 5 heteroatoms. The van der Waals surface area contributed by atoms with Crippen molar-refractivity contribution in [2.45, 2.75) is 20.8 Å². The van der Waals surface area contributed by atoms with E-state index in [4.69, 9.17) is 4.52 Å². The molecule has 0 aliphatic carbocycles. The van der Waals surface area contributed by atoms with Crippen LogP contribution in [-0.4, -0.2) is 36.7 Å². The van der Waals surface area contributed by atoms with Crippen LogP contribution >= 0.6 is 7.37 Å². The largest absolute Gasteiger partial charge is 0.343 e. The number of hydrogen-bond donors (Lipinski definition) is 0. The number of carbonyl (C=O) groups excluding carboxylic acids is 1. The molecule has 106 valence electrons. The van der Waals surface area contributed by atoms with Crippen LogP contribution in [0.15, 0.2) is 30.3 Å². The van der Waals surface area contributed by atoms with E-state index >= 15 is 0 Å². The van der Waals surface area contributed by atoms with Gasteiger partial charge in [-0.3, -0.25) is 9.36 Å². The molecule has 0 spiro atoms. The van der Waals surface area contributed by atoms with Crippen LogP contribution in [-0.2, 0) is 13.9 Å². The van der Waals surface area contributed by atoms with E-state index in [1.807, 2.05) is 32.0 Å². The van der Waals surface area contributed by atoms with Gasteiger partial charge in [-0.2, -0.15) is 0 Å². The summed E-state index contributed by atoms with van der Waals surface area (Å²) in [4.78, 5) is 13.8. The highest BCUT2D eigenvalue weighted by Crippen LogP contribution is 2.45. The Balaban J connectivity index is 2.95. The minimum Gasteiger partial charge on any atom is -0.343 e. The number of hydrogen-bond acceptors (Lipinski definition) is 3. The van der Waals surface area contributed by atoms with E-state index in [9.17, 15) is 9.36 Å². The van der Waals surface area contributed by atoms with Gasteiger partial charge >= 0.3 is 0 Å². The minimum absolute atomic E-state index is 0.0630. The number of benzene rings is 1. The topological polar surface area (TPSA) is 46.6 Å². The van der Waals surface area contributed by atoms with Crippen LogP contribution in [0.5, 0.6) is 0 Å². The number of rotatable bonds is 7. The summed E-state index contributed by atoms with van der Waals surface area (Å²) >= 11 is 0. The molecule has 0 unspecified atom stereocenters. The SMILES string of the molecule is CCO[P@](=O)(CC(=O)N(CC)CC)c1ccccc1. The summed E-state index contributed by atoms with van der Waals surface area (Å²) in [5, 5.41) is 0.609. The van der Waals surface area contributed by atoms with Crippen LogP contribution in [0.25, 0.3) is 0 Å². The average molecular weight is 283 g/mol. The van der Waals surface area contributed by atoms with Gasteiger partial charge in [0.05, 0.1) is 6.61 Å². The molecule has 0 aliphatic rings. The van der Waals surface area contributed by atoms with Crippen molar-refractivity contribution in [3.8, 4) is 0 Å². The van der Waals surface area contributed by atoms with Gasteiger partial charge in [0, 0.05) is 18.4 Å². The maximum Gasteiger partial charge on any atom is 0.241 e. The summed E-state index contributed by atoms with van der Waals surface area (Å²) in [6.45, 7) is 7.19. The van der Waals surface area contributed by atoms with E-state index in [0.29, 0.717) is 25.0 Å². The van der Waals surface area contributed by atoms with Gasteiger partial charge in [0.2, 0.25) is 13.3 Å². The molecular weight excluding hydrogens is 261 g/mol. The summed E-state index contributed by atoms with van der Waals surface area (Å²) < 4.78 is 18.3. The first kappa shape index (κ1) is 15.9. The van der Waals surface area contributed by atoms with Gasteiger partial charge in [-0.1, -0.05) is 18.2 Å². The molecule has 1 amide bonds. The molecule has 1 atom stereocenters. The van der Waals surface area contributed by atoms with Gasteiger partial charge in [0.25, 0.3) is 0 Å². The molecular formula is C14H22NO3P. The van der Waals surface area contributed by atoms with Crippen LogP contribution in [0, 0.1) is 0 Å². The van der Waals surface area contributed by atoms with Crippen LogP contribution in [0.1, 0.15) is 20.8 Å². The third-order valence-corrected chi connectivity index (χ3v) is 5.39. The van der Waals surface area contributed by atoms with Gasteiger partial charge in [0.15, 0.2) is 0 Å². The van der Waals surface area contributed by atoms with E-state index < -0.39 is 7.37 Å². The van der Waals surface area contributed by atoms with Crippen LogP contribution < -0.4 is 5.30 Å². The van der Waals surface area contributed by atoms with E-state index in [0.717, 1.165) is 0 Å². The Morgan fingerprint density at radius 3 is 2.21 bits per heavy atom. The van der Waals surface area contributed by atoms with Crippen molar-refractivity contribution in [1.82, 2.24) is 4.90 Å². The maximum absolute atomic E-state index is 12.9. The second-order valence-corrected chi connectivity index (χ2v) is 6.59. The highest BCUT2D eigenvalue weighted by Gasteiger charge is 2.30. The average Bonchev–Trinajstić information content (AvgIpc) is 2.41. The van der Waals surface area contributed by atoms with Crippen LogP contribution in [0.3, 0.4) is 0 Å². The highest BCUT2D eigenvalue weighted by atomic mass is 31.2. The Bertz CT molecular complexity index is 443. The quantitative estimate of drug-likeness (QED) is 0.722. The predicted molar refractivity (Wildman–Crippen MR) is 78.1 cm³/mol. The van der Waals surface area contributed by atoms with Crippen LogP contribution in [0.2, 0.25) is 0 Å². The molecule has 4 nitrogen and oxygen atoms in total. The molecule has 0 aliphatic heterocycles. The first-order chi connectivity index (χ1) is 9.07. The van der Waals surface area contributed by atoms with Gasteiger partial charge in [0.1, 0.15) is 6.16 Å². The van der Waals surface area contributed by atoms with Crippen molar-refractivity contribution in [2.75, 3.05) is 25.9 Å². The van der Waals surface area contributed by atoms with Crippen molar-refractivity contribution in [2.24, 2.45) is 0 Å². The van der Waals surface area contributed by atoms with Crippen LogP contribution in [0.4, 0.5) is 0 Å². The highest BCUT2D eigenvalue weighted by molar-refractivity contribution is 7.67. The zero-order chi connectivity index (χ0) is 14.3. The van der Waals surface area contributed by atoms with Crippen molar-refractivity contribution >= 4 is 18.6 Å². The van der Waals surface area contributed by atoms with E-state index in [1.54, 1.807) is 24.0 Å². The molecule has 0 fully saturated rings. The van der Waals surface area contributed by atoms with E-state index in [-0.39, 0.29) is 12.1 Å². The lowest BCUT2D eigenvalue weighted by atomic mass is 10.4. The zero-order valence-electron chi connectivity index (χ0n) is 11.8. The standard InChI is InChI=1S/C14H22NO3P/c1-4-15(5-2)14(16)12-19(17,18-6-3)13-10-8-7-9-11-13/h7-11H,4-6,12H2,1-3H3/t19-/m1/s1. The predicted octanol–water partition coefficient (Wildman–Crippen LogP) is 2.49. The molecule has 1 rings (SSSR count). The Labute approximate surface area is 115 Å². The molecule has 0 bridgehead atoms. The fourth-order valence-electron chi connectivity index (χ4n) is 1.93. The summed E-state index contributed by atoms with van der Waals surface area (Å²) in [6, 6.07) is 8.98. The summed E-state index contributed by atoms with van der Waals surface area (Å²) in [6.07, 6.45) is -0.0630. The Morgan fingerprint density at radius 2 is 1.74 bits per heavy atom. The van der Waals surface area contributed by atoms with Gasteiger partial charge in [-0.15, -0.1) is 0 Å². The molecule has 0 radical (unpaired) electrons. The second-order valence-electron chi connectivity index (χ2n) is 4.15. The van der Waals surface area contributed by atoms with Gasteiger partial charge < -0.3 is 9.42 Å². The van der Waals surface area contributed by atoms with E-state index in [1.165, 1.54) is 0 Å². The Hall–Kier alpha value is -1.12. The fraction of sp³-hybridized carbons (Fsp3) is 0.500. The molecule has 0 saturated carbocycles. The molecule has 0 heterocycles. The summed E-state index contributed by atoms with van der Waals surface area (Å²) in [7, 11) is -3.10. The smallest absolute Gasteiger partial charge is 0.241 e. The van der Waals surface area contributed by atoms with Gasteiger partial charge in [-0.25, -0.2) is 0 Å². The lowest BCUT2D eigenvalue weighted by molar-refractivity contribution is -0.128. The monoisotopic (exact) mass is 283 g/mol. The van der Waals surface area contributed by atoms with Crippen molar-refractivity contribution in [3.05, 3.63) is 30.3 Å². The first-order valence-electron chi connectivity index (χ1n) is 6.64. The first-order valence-corrected chi connectivity index (χ1v) is 8.45. The third kappa shape index (κ3) is 4.19. The van der Waals surface area contributed by atoms with Gasteiger partial charge in [-0.05, 0) is 32.9 Å². The molecule has 1 aromatic rings. The molecule has 0 N–H and O–H groups in total. The number of nitrogens with zero attached hydrogens (tertiary/aromatic N) is 1. The molecule has 1 aromatic carbocycles. The summed E-state index contributed by atoms with van der Waals surface area (Å²) in [5.74, 6) is -0.120. The molecule has 19 heavy (non-hydrogen) atoms. The van der Waals surface area contributed by atoms with Crippen molar-refractivity contribution in [1.29, 1.82) is 0 Å². The molecule has 0 saturated heterocycles. The van der Waals surface area contributed by atoms with Crippen molar-refractivity contribution < 1.29 is 13.9 Å². The fourth-order valence-corrected chi connectivity index (χ4v) is 3.95. The molecule has 0 aromatic heterocycles. The van der Waals surface area contributed by atoms with Crippen molar-refractivity contribution in [3.63, 3.8) is 0 Å². The Kier molecular flexibility index (Phi) is 6.26. The number of amides is 1.